The number of benzene rings is 1. The highest BCUT2D eigenvalue weighted by atomic mass is 35.5. The lowest BCUT2D eigenvalue weighted by molar-refractivity contribution is -0.140. The van der Waals surface area contributed by atoms with Gasteiger partial charge in [-0.1, -0.05) is 11.6 Å². The van der Waals surface area contributed by atoms with Crippen molar-refractivity contribution in [2.24, 2.45) is 0 Å². The molecule has 2 aromatic rings. The standard InChI is InChI=1S/C19H21ClN4O5S/c20-15-2-4-16(5-3-15)30(27,28)24-10-1-11-29-17(24)13-23-19(26)18(25)22-12-14-6-8-21-9-7-14/h2-9,17H,1,10-13H2,(H,22,25)(H,23,26)/t17-/m0/s1. The number of pyridine rings is 1. The van der Waals surface area contributed by atoms with Crippen molar-refractivity contribution in [1.82, 2.24) is 19.9 Å². The molecular formula is C19H21ClN4O5S. The van der Waals surface area contributed by atoms with Crippen LogP contribution in [0.4, 0.5) is 0 Å². The average Bonchev–Trinajstić information content (AvgIpc) is 2.77. The Balaban J connectivity index is 1.59. The lowest BCUT2D eigenvalue weighted by Gasteiger charge is -2.34. The predicted molar refractivity (Wildman–Crippen MR) is 109 cm³/mol. The maximum absolute atomic E-state index is 13.0. The van der Waals surface area contributed by atoms with Gasteiger partial charge in [0, 0.05) is 30.5 Å². The van der Waals surface area contributed by atoms with Crippen molar-refractivity contribution in [2.45, 2.75) is 24.1 Å². The number of carbonyl (C=O) groups is 2. The summed E-state index contributed by atoms with van der Waals surface area (Å²) < 4.78 is 32.6. The Morgan fingerprint density at radius 3 is 2.47 bits per heavy atom. The molecule has 1 saturated heterocycles. The fraction of sp³-hybridized carbons (Fsp3) is 0.316. The van der Waals surface area contributed by atoms with Crippen LogP contribution < -0.4 is 10.6 Å². The molecule has 160 valence electrons. The third-order valence-corrected chi connectivity index (χ3v) is 6.58. The van der Waals surface area contributed by atoms with Gasteiger partial charge in [0.05, 0.1) is 18.0 Å². The summed E-state index contributed by atoms with van der Waals surface area (Å²) in [5.74, 6) is -1.70. The quantitative estimate of drug-likeness (QED) is 0.629. The molecule has 0 radical (unpaired) electrons. The Bertz CT molecular complexity index is 986. The van der Waals surface area contributed by atoms with Crippen molar-refractivity contribution in [1.29, 1.82) is 0 Å². The molecule has 0 saturated carbocycles. The number of halogens is 1. The van der Waals surface area contributed by atoms with Crippen LogP contribution in [0, 0.1) is 0 Å². The van der Waals surface area contributed by atoms with Gasteiger partial charge in [-0.3, -0.25) is 14.6 Å². The first-order chi connectivity index (χ1) is 14.4. The lowest BCUT2D eigenvalue weighted by atomic mass is 10.3. The average molecular weight is 453 g/mol. The van der Waals surface area contributed by atoms with Crippen molar-refractivity contribution >= 4 is 33.4 Å². The fourth-order valence-corrected chi connectivity index (χ4v) is 4.56. The highest BCUT2D eigenvalue weighted by Gasteiger charge is 2.34. The number of hydrogen-bond donors (Lipinski definition) is 2. The van der Waals surface area contributed by atoms with E-state index in [1.807, 2.05) is 0 Å². The number of hydrogen-bond acceptors (Lipinski definition) is 6. The molecule has 1 aromatic heterocycles. The number of nitrogens with zero attached hydrogens (tertiary/aromatic N) is 2. The number of rotatable bonds is 6. The maximum atomic E-state index is 13.0. The Morgan fingerprint density at radius 2 is 1.77 bits per heavy atom. The second-order valence-electron chi connectivity index (χ2n) is 6.50. The first-order valence-electron chi connectivity index (χ1n) is 9.22. The minimum atomic E-state index is -3.85. The van der Waals surface area contributed by atoms with Crippen LogP contribution in [-0.4, -0.2) is 55.4 Å². The monoisotopic (exact) mass is 452 g/mol. The number of nitrogens with one attached hydrogen (secondary N) is 2. The molecule has 1 aliphatic heterocycles. The largest absolute Gasteiger partial charge is 0.360 e. The summed E-state index contributed by atoms with van der Waals surface area (Å²) in [6, 6.07) is 9.23. The topological polar surface area (TPSA) is 118 Å². The minimum absolute atomic E-state index is 0.0730. The number of amides is 2. The molecule has 2 heterocycles. The van der Waals surface area contributed by atoms with Gasteiger partial charge in [0.25, 0.3) is 0 Å². The van der Waals surface area contributed by atoms with Crippen LogP contribution in [0.3, 0.4) is 0 Å². The molecule has 1 aliphatic rings. The molecule has 0 bridgehead atoms. The predicted octanol–water partition coefficient (Wildman–Crippen LogP) is 0.905. The maximum Gasteiger partial charge on any atom is 0.309 e. The number of sulfonamides is 1. The summed E-state index contributed by atoms with van der Waals surface area (Å²) in [5, 5.41) is 5.35. The molecule has 0 spiro atoms. The van der Waals surface area contributed by atoms with E-state index in [4.69, 9.17) is 16.3 Å². The Hall–Kier alpha value is -2.53. The summed E-state index contributed by atoms with van der Waals surface area (Å²) in [6.45, 7) is 0.598. The van der Waals surface area contributed by atoms with Crippen LogP contribution in [0.1, 0.15) is 12.0 Å². The molecule has 1 fully saturated rings. The molecule has 0 unspecified atom stereocenters. The Kier molecular flexibility index (Phi) is 7.38. The van der Waals surface area contributed by atoms with Crippen molar-refractivity contribution < 1.29 is 22.7 Å². The normalized spacial score (nSPS) is 17.3. The van der Waals surface area contributed by atoms with Gasteiger partial charge >= 0.3 is 11.8 Å². The van der Waals surface area contributed by atoms with Gasteiger partial charge in [-0.15, -0.1) is 0 Å². The van der Waals surface area contributed by atoms with Crippen molar-refractivity contribution in [2.75, 3.05) is 19.7 Å². The van der Waals surface area contributed by atoms with E-state index < -0.39 is 28.1 Å². The molecule has 11 heteroatoms. The van der Waals surface area contributed by atoms with E-state index in [1.54, 1.807) is 24.5 Å². The van der Waals surface area contributed by atoms with E-state index in [9.17, 15) is 18.0 Å². The lowest BCUT2D eigenvalue weighted by Crippen LogP contribution is -2.53. The van der Waals surface area contributed by atoms with Crippen LogP contribution in [0.15, 0.2) is 53.7 Å². The van der Waals surface area contributed by atoms with Gasteiger partial charge in [-0.2, -0.15) is 4.31 Å². The first-order valence-corrected chi connectivity index (χ1v) is 11.0. The number of ether oxygens (including phenoxy) is 1. The number of aromatic nitrogens is 1. The molecule has 1 atom stereocenters. The molecule has 1 aromatic carbocycles. The first kappa shape index (κ1) is 22.2. The van der Waals surface area contributed by atoms with Gasteiger partial charge in [-0.25, -0.2) is 8.42 Å². The van der Waals surface area contributed by atoms with Crippen molar-refractivity contribution in [3.63, 3.8) is 0 Å². The highest BCUT2D eigenvalue weighted by Crippen LogP contribution is 2.23. The van der Waals surface area contributed by atoms with E-state index in [2.05, 4.69) is 15.6 Å². The summed E-state index contributed by atoms with van der Waals surface area (Å²) in [6.07, 6.45) is 2.76. The van der Waals surface area contributed by atoms with Crippen LogP contribution in [-0.2, 0) is 30.9 Å². The molecule has 0 aliphatic carbocycles. The third-order valence-electron chi connectivity index (χ3n) is 4.42. The highest BCUT2D eigenvalue weighted by molar-refractivity contribution is 7.89. The van der Waals surface area contributed by atoms with E-state index in [-0.39, 0.29) is 24.5 Å². The van der Waals surface area contributed by atoms with Crippen LogP contribution in [0.25, 0.3) is 0 Å². The molecular weight excluding hydrogens is 432 g/mol. The van der Waals surface area contributed by atoms with Gasteiger partial charge in [-0.05, 0) is 48.4 Å². The SMILES string of the molecule is O=C(NCc1ccncc1)C(=O)NC[C@@H]1OCCCN1S(=O)(=O)c1ccc(Cl)cc1. The second-order valence-corrected chi connectivity index (χ2v) is 8.82. The zero-order valence-electron chi connectivity index (χ0n) is 16.0. The smallest absolute Gasteiger partial charge is 0.309 e. The fourth-order valence-electron chi connectivity index (χ4n) is 2.87. The summed E-state index contributed by atoms with van der Waals surface area (Å²) in [7, 11) is -3.85. The second kappa shape index (κ2) is 9.98. The van der Waals surface area contributed by atoms with E-state index in [0.717, 1.165) is 5.56 Å². The Morgan fingerprint density at radius 1 is 1.10 bits per heavy atom. The van der Waals surface area contributed by atoms with Crippen LogP contribution >= 0.6 is 11.6 Å². The van der Waals surface area contributed by atoms with Crippen molar-refractivity contribution in [3.05, 3.63) is 59.4 Å². The third kappa shape index (κ3) is 5.54. The molecule has 2 N–H and O–H groups in total. The zero-order valence-corrected chi connectivity index (χ0v) is 17.5. The molecule has 2 amide bonds. The summed E-state index contributed by atoms with van der Waals surface area (Å²) in [5.41, 5.74) is 0.794. The van der Waals surface area contributed by atoms with E-state index in [1.165, 1.54) is 28.6 Å². The molecule has 3 rings (SSSR count). The van der Waals surface area contributed by atoms with Crippen LogP contribution in [0.2, 0.25) is 5.02 Å². The van der Waals surface area contributed by atoms with Gasteiger partial charge in [0.2, 0.25) is 10.0 Å². The minimum Gasteiger partial charge on any atom is -0.360 e. The van der Waals surface area contributed by atoms with Crippen LogP contribution in [0.5, 0.6) is 0 Å². The van der Waals surface area contributed by atoms with Gasteiger partial charge in [0.1, 0.15) is 6.23 Å². The van der Waals surface area contributed by atoms with E-state index >= 15 is 0 Å². The van der Waals surface area contributed by atoms with Gasteiger partial charge < -0.3 is 15.4 Å². The summed E-state index contributed by atoms with van der Waals surface area (Å²) in [4.78, 5) is 28.0. The summed E-state index contributed by atoms with van der Waals surface area (Å²) >= 11 is 5.83. The zero-order chi connectivity index (χ0) is 21.6. The van der Waals surface area contributed by atoms with Crippen molar-refractivity contribution in [3.8, 4) is 0 Å². The van der Waals surface area contributed by atoms with Gasteiger partial charge in [0.15, 0.2) is 0 Å². The van der Waals surface area contributed by atoms with E-state index in [0.29, 0.717) is 18.1 Å². The molecule has 9 nitrogen and oxygen atoms in total. The molecule has 30 heavy (non-hydrogen) atoms. The number of carbonyl (C=O) groups excluding carboxylic acids is 2. The Labute approximate surface area is 179 Å².